The molecule has 3 aromatic rings. The van der Waals surface area contributed by atoms with Crippen LogP contribution in [-0.2, 0) is 6.18 Å². The summed E-state index contributed by atoms with van der Waals surface area (Å²) < 4.78 is 43.0. The van der Waals surface area contributed by atoms with Crippen LogP contribution in [0, 0.1) is 0 Å². The smallest absolute Gasteiger partial charge is 0.417 e. The first-order valence-corrected chi connectivity index (χ1v) is 5.95. The molecule has 0 amide bonds. The first-order valence-electron chi connectivity index (χ1n) is 5.57. The van der Waals surface area contributed by atoms with Gasteiger partial charge >= 0.3 is 6.18 Å². The SMILES string of the molecule is O=c1[nH]ccc(-c2nc3cc(C(F)(F)F)cnc3o2)c1Cl. The third-order valence-corrected chi connectivity index (χ3v) is 3.08. The summed E-state index contributed by atoms with van der Waals surface area (Å²) in [6.45, 7) is 0. The molecule has 1 N–H and O–H groups in total. The predicted octanol–water partition coefficient (Wildman–Crippen LogP) is 3.25. The highest BCUT2D eigenvalue weighted by molar-refractivity contribution is 6.32. The summed E-state index contributed by atoms with van der Waals surface area (Å²) in [6, 6.07) is 2.25. The van der Waals surface area contributed by atoms with Crippen molar-refractivity contribution >= 4 is 22.8 Å². The molecule has 0 saturated heterocycles. The number of fused-ring (bicyclic) bond motifs is 1. The molecule has 0 aliphatic rings. The van der Waals surface area contributed by atoms with E-state index in [4.69, 9.17) is 16.0 Å². The van der Waals surface area contributed by atoms with Gasteiger partial charge in [0, 0.05) is 12.4 Å². The molecule has 0 atom stereocenters. The van der Waals surface area contributed by atoms with Crippen molar-refractivity contribution < 1.29 is 17.6 Å². The summed E-state index contributed by atoms with van der Waals surface area (Å²) in [4.78, 5) is 21.2. The van der Waals surface area contributed by atoms with Crippen LogP contribution in [0.5, 0.6) is 0 Å². The van der Waals surface area contributed by atoms with Crippen molar-refractivity contribution in [2.75, 3.05) is 0 Å². The quantitative estimate of drug-likeness (QED) is 0.748. The van der Waals surface area contributed by atoms with E-state index < -0.39 is 17.3 Å². The van der Waals surface area contributed by atoms with Crippen molar-refractivity contribution in [3.05, 3.63) is 45.5 Å². The Kier molecular flexibility index (Phi) is 2.98. The lowest BCUT2D eigenvalue weighted by Crippen LogP contribution is -2.05. The molecule has 21 heavy (non-hydrogen) atoms. The summed E-state index contributed by atoms with van der Waals surface area (Å²) in [6.07, 6.45) is -2.55. The van der Waals surface area contributed by atoms with Crippen LogP contribution in [0.15, 0.2) is 33.7 Å². The molecule has 3 rings (SSSR count). The minimum Gasteiger partial charge on any atom is -0.418 e. The van der Waals surface area contributed by atoms with Gasteiger partial charge in [0.1, 0.15) is 10.5 Å². The lowest BCUT2D eigenvalue weighted by molar-refractivity contribution is -0.137. The van der Waals surface area contributed by atoms with E-state index >= 15 is 0 Å². The molecule has 3 heterocycles. The number of halogens is 4. The van der Waals surface area contributed by atoms with Crippen molar-refractivity contribution in [3.8, 4) is 11.5 Å². The number of alkyl halides is 3. The van der Waals surface area contributed by atoms with E-state index in [1.54, 1.807) is 0 Å². The highest BCUT2D eigenvalue weighted by Crippen LogP contribution is 2.32. The number of hydrogen-bond acceptors (Lipinski definition) is 4. The topological polar surface area (TPSA) is 71.8 Å². The number of aromatic amines is 1. The second-order valence-electron chi connectivity index (χ2n) is 4.10. The van der Waals surface area contributed by atoms with Gasteiger partial charge in [0.15, 0.2) is 0 Å². The summed E-state index contributed by atoms with van der Waals surface area (Å²) in [5, 5.41) is -0.167. The lowest BCUT2D eigenvalue weighted by Gasteiger charge is -2.03. The van der Waals surface area contributed by atoms with E-state index in [1.807, 2.05) is 0 Å². The number of nitrogens with zero attached hydrogens (tertiary/aromatic N) is 2. The highest BCUT2D eigenvalue weighted by atomic mass is 35.5. The van der Waals surface area contributed by atoms with Crippen LogP contribution >= 0.6 is 11.6 Å². The van der Waals surface area contributed by atoms with Crippen LogP contribution in [-0.4, -0.2) is 15.0 Å². The van der Waals surface area contributed by atoms with Gasteiger partial charge in [-0.15, -0.1) is 0 Å². The van der Waals surface area contributed by atoms with Gasteiger partial charge in [-0.1, -0.05) is 11.6 Å². The molecule has 0 aliphatic heterocycles. The van der Waals surface area contributed by atoms with E-state index in [2.05, 4.69) is 15.0 Å². The molecule has 0 spiro atoms. The van der Waals surface area contributed by atoms with Gasteiger partial charge < -0.3 is 9.40 Å². The zero-order valence-electron chi connectivity index (χ0n) is 10.0. The largest absolute Gasteiger partial charge is 0.418 e. The van der Waals surface area contributed by atoms with Crippen molar-refractivity contribution in [1.82, 2.24) is 15.0 Å². The van der Waals surface area contributed by atoms with Gasteiger partial charge in [-0.05, 0) is 12.1 Å². The van der Waals surface area contributed by atoms with Crippen molar-refractivity contribution in [1.29, 1.82) is 0 Å². The van der Waals surface area contributed by atoms with E-state index in [0.29, 0.717) is 6.20 Å². The minimum absolute atomic E-state index is 0.0730. The highest BCUT2D eigenvalue weighted by Gasteiger charge is 2.31. The Balaban J connectivity index is 2.18. The molecule has 108 valence electrons. The van der Waals surface area contributed by atoms with Crippen LogP contribution in [0.25, 0.3) is 22.7 Å². The maximum atomic E-state index is 12.6. The van der Waals surface area contributed by atoms with Crippen LogP contribution in [0.3, 0.4) is 0 Å². The number of oxazole rings is 1. The molecule has 0 aromatic carbocycles. The molecule has 5 nitrogen and oxygen atoms in total. The number of rotatable bonds is 1. The molecule has 0 saturated carbocycles. The number of nitrogens with one attached hydrogen (secondary N) is 1. The predicted molar refractivity (Wildman–Crippen MR) is 67.9 cm³/mol. The maximum absolute atomic E-state index is 12.6. The van der Waals surface area contributed by atoms with Crippen LogP contribution in [0.1, 0.15) is 5.56 Å². The first-order chi connectivity index (χ1) is 9.86. The van der Waals surface area contributed by atoms with Gasteiger partial charge in [-0.3, -0.25) is 4.79 Å². The number of H-pyrrole nitrogens is 1. The Morgan fingerprint density at radius 2 is 2.10 bits per heavy atom. The average molecular weight is 316 g/mol. The zero-order valence-corrected chi connectivity index (χ0v) is 10.8. The molecule has 0 unspecified atom stereocenters. The normalized spacial score (nSPS) is 12.0. The second-order valence-corrected chi connectivity index (χ2v) is 4.48. The Hall–Kier alpha value is -2.35. The maximum Gasteiger partial charge on any atom is 0.417 e. The summed E-state index contributed by atoms with van der Waals surface area (Å²) >= 11 is 5.82. The minimum atomic E-state index is -4.53. The van der Waals surface area contributed by atoms with E-state index in [-0.39, 0.29) is 27.7 Å². The third kappa shape index (κ3) is 2.38. The molecule has 3 aromatic heterocycles. The second kappa shape index (κ2) is 4.59. The Morgan fingerprint density at radius 1 is 1.33 bits per heavy atom. The molecule has 9 heteroatoms. The first kappa shape index (κ1) is 13.6. The Bertz CT molecular complexity index is 885. The molecule has 0 bridgehead atoms. The lowest BCUT2D eigenvalue weighted by atomic mass is 10.2. The summed E-state index contributed by atoms with van der Waals surface area (Å²) in [5.41, 5.74) is -1.47. The van der Waals surface area contributed by atoms with Gasteiger partial charge in [-0.25, -0.2) is 9.97 Å². The fraction of sp³-hybridized carbons (Fsp3) is 0.0833. The monoisotopic (exact) mass is 315 g/mol. The molecule has 0 radical (unpaired) electrons. The van der Waals surface area contributed by atoms with E-state index in [9.17, 15) is 18.0 Å². The van der Waals surface area contributed by atoms with Gasteiger partial charge in [-0.2, -0.15) is 13.2 Å². The number of hydrogen-bond donors (Lipinski definition) is 1. The fourth-order valence-electron chi connectivity index (χ4n) is 1.72. The zero-order chi connectivity index (χ0) is 15.2. The summed E-state index contributed by atoms with van der Waals surface area (Å²) in [7, 11) is 0. The third-order valence-electron chi connectivity index (χ3n) is 2.71. The molecular formula is C12H5ClF3N3O2. The van der Waals surface area contributed by atoms with Crippen molar-refractivity contribution in [2.45, 2.75) is 6.18 Å². The fourth-order valence-corrected chi connectivity index (χ4v) is 1.92. The van der Waals surface area contributed by atoms with Crippen LogP contribution < -0.4 is 5.56 Å². The van der Waals surface area contributed by atoms with E-state index in [1.165, 1.54) is 12.3 Å². The summed E-state index contributed by atoms with van der Waals surface area (Å²) in [5.74, 6) is -0.0760. The number of aromatic nitrogens is 3. The average Bonchev–Trinajstić information content (AvgIpc) is 2.83. The van der Waals surface area contributed by atoms with Crippen LogP contribution in [0.2, 0.25) is 5.02 Å². The molecular weight excluding hydrogens is 311 g/mol. The Labute approximate surface area is 119 Å². The van der Waals surface area contributed by atoms with Gasteiger partial charge in [0.2, 0.25) is 11.6 Å². The van der Waals surface area contributed by atoms with Crippen molar-refractivity contribution in [3.63, 3.8) is 0 Å². The van der Waals surface area contributed by atoms with Crippen molar-refractivity contribution in [2.24, 2.45) is 0 Å². The Morgan fingerprint density at radius 3 is 2.81 bits per heavy atom. The van der Waals surface area contributed by atoms with Crippen LogP contribution in [0.4, 0.5) is 13.2 Å². The van der Waals surface area contributed by atoms with E-state index in [0.717, 1.165) is 6.07 Å². The molecule has 0 fully saturated rings. The standard InChI is InChI=1S/C12H5ClF3N3O2/c13-8-6(1-2-17-9(8)20)10-19-7-3-5(12(14,15)16)4-18-11(7)21-10/h1-4H,(H,17,20). The van der Waals surface area contributed by atoms with Gasteiger partial charge in [0.05, 0.1) is 11.1 Å². The molecule has 0 aliphatic carbocycles. The number of pyridine rings is 2. The van der Waals surface area contributed by atoms with Gasteiger partial charge in [0.25, 0.3) is 5.56 Å².